The summed E-state index contributed by atoms with van der Waals surface area (Å²) in [4.78, 5) is 13.0. The molecule has 23 heavy (non-hydrogen) atoms. The third-order valence-corrected chi connectivity index (χ3v) is 4.42. The lowest BCUT2D eigenvalue weighted by atomic mass is 9.93. The lowest BCUT2D eigenvalue weighted by molar-refractivity contribution is 0.103. The second-order valence-corrected chi connectivity index (χ2v) is 5.83. The zero-order valence-electron chi connectivity index (χ0n) is 12.9. The van der Waals surface area contributed by atoms with Gasteiger partial charge in [-0.15, -0.1) is 0 Å². The van der Waals surface area contributed by atoms with E-state index in [0.717, 1.165) is 27.5 Å². The van der Waals surface area contributed by atoms with E-state index in [1.165, 1.54) is 10.8 Å². The summed E-state index contributed by atoms with van der Waals surface area (Å²) in [5.74, 6) is 0.0870. The van der Waals surface area contributed by atoms with E-state index in [-0.39, 0.29) is 5.78 Å². The number of aryl methyl sites for hydroxylation is 1. The molecule has 0 heterocycles. The first-order valence-corrected chi connectivity index (χ1v) is 7.76. The minimum Gasteiger partial charge on any atom is -0.289 e. The number of rotatable bonds is 2. The van der Waals surface area contributed by atoms with Crippen LogP contribution in [0.1, 0.15) is 21.5 Å². The van der Waals surface area contributed by atoms with Crippen LogP contribution < -0.4 is 0 Å². The van der Waals surface area contributed by atoms with E-state index in [1.807, 2.05) is 55.5 Å². The van der Waals surface area contributed by atoms with Gasteiger partial charge in [0, 0.05) is 11.1 Å². The van der Waals surface area contributed by atoms with Crippen LogP contribution in [-0.4, -0.2) is 5.78 Å². The van der Waals surface area contributed by atoms with Crippen molar-refractivity contribution in [2.75, 3.05) is 0 Å². The van der Waals surface area contributed by atoms with Crippen molar-refractivity contribution in [2.24, 2.45) is 0 Å². The number of hydrogen-bond donors (Lipinski definition) is 0. The average molecular weight is 296 g/mol. The van der Waals surface area contributed by atoms with E-state index < -0.39 is 0 Å². The predicted octanol–water partition coefficient (Wildman–Crippen LogP) is 5.53. The highest BCUT2D eigenvalue weighted by Gasteiger charge is 2.14. The zero-order valence-corrected chi connectivity index (χ0v) is 12.9. The van der Waals surface area contributed by atoms with Crippen LogP contribution >= 0.6 is 0 Å². The molecular formula is C22H16O. The molecular weight excluding hydrogens is 280 g/mol. The molecule has 110 valence electrons. The Morgan fingerprint density at radius 3 is 2.17 bits per heavy atom. The van der Waals surface area contributed by atoms with E-state index in [2.05, 4.69) is 30.3 Å². The van der Waals surface area contributed by atoms with Crippen LogP contribution in [-0.2, 0) is 0 Å². The van der Waals surface area contributed by atoms with Gasteiger partial charge in [-0.3, -0.25) is 4.79 Å². The Bertz CT molecular complexity index is 1040. The van der Waals surface area contributed by atoms with E-state index >= 15 is 0 Å². The monoisotopic (exact) mass is 296 g/mol. The number of hydrogen-bond acceptors (Lipinski definition) is 1. The fourth-order valence-electron chi connectivity index (χ4n) is 3.21. The summed E-state index contributed by atoms with van der Waals surface area (Å²) in [6.45, 7) is 1.98. The molecule has 0 saturated carbocycles. The van der Waals surface area contributed by atoms with Crippen LogP contribution in [0, 0.1) is 6.92 Å². The van der Waals surface area contributed by atoms with Gasteiger partial charge in [0.2, 0.25) is 0 Å². The topological polar surface area (TPSA) is 17.1 Å². The van der Waals surface area contributed by atoms with Crippen LogP contribution in [0.15, 0.2) is 78.9 Å². The van der Waals surface area contributed by atoms with Crippen LogP contribution in [0.4, 0.5) is 0 Å². The van der Waals surface area contributed by atoms with Crippen molar-refractivity contribution in [3.63, 3.8) is 0 Å². The SMILES string of the molecule is Cc1ccccc1C(=O)c1cccc2c1ccc1ccccc12. The Morgan fingerprint density at radius 1 is 0.609 bits per heavy atom. The van der Waals surface area contributed by atoms with E-state index in [0.29, 0.717) is 0 Å². The summed E-state index contributed by atoms with van der Waals surface area (Å²) in [6.07, 6.45) is 0. The summed E-state index contributed by atoms with van der Waals surface area (Å²) in [6, 6.07) is 26.2. The first kappa shape index (κ1) is 13.7. The van der Waals surface area contributed by atoms with Gasteiger partial charge in [-0.05, 0) is 34.0 Å². The van der Waals surface area contributed by atoms with E-state index in [9.17, 15) is 4.79 Å². The Hall–Kier alpha value is -2.93. The molecule has 0 atom stereocenters. The van der Waals surface area contributed by atoms with Crippen molar-refractivity contribution < 1.29 is 4.79 Å². The molecule has 0 saturated heterocycles. The molecule has 4 rings (SSSR count). The lowest BCUT2D eigenvalue weighted by Gasteiger charge is -2.10. The molecule has 0 amide bonds. The molecule has 0 aliphatic rings. The van der Waals surface area contributed by atoms with E-state index in [1.54, 1.807) is 0 Å². The lowest BCUT2D eigenvalue weighted by Crippen LogP contribution is -2.04. The van der Waals surface area contributed by atoms with Gasteiger partial charge in [0.25, 0.3) is 0 Å². The molecule has 0 spiro atoms. The van der Waals surface area contributed by atoms with Gasteiger partial charge in [0.05, 0.1) is 0 Å². The molecule has 0 aromatic heterocycles. The standard InChI is InChI=1S/C22H16O/c1-15-7-2-4-9-17(15)22(23)21-12-6-11-19-18-10-5-3-8-16(18)13-14-20(19)21/h2-14H,1H3. The highest BCUT2D eigenvalue weighted by Crippen LogP contribution is 2.29. The fraction of sp³-hybridized carbons (Fsp3) is 0.0455. The molecule has 1 nitrogen and oxygen atoms in total. The number of carbonyl (C=O) groups excluding carboxylic acids is 1. The molecule has 0 radical (unpaired) electrons. The zero-order chi connectivity index (χ0) is 15.8. The second-order valence-electron chi connectivity index (χ2n) is 5.83. The van der Waals surface area contributed by atoms with E-state index in [4.69, 9.17) is 0 Å². The Balaban J connectivity index is 2.00. The first-order valence-electron chi connectivity index (χ1n) is 7.76. The summed E-state index contributed by atoms with van der Waals surface area (Å²) >= 11 is 0. The number of fused-ring (bicyclic) bond motifs is 3. The van der Waals surface area contributed by atoms with Gasteiger partial charge in [0.1, 0.15) is 0 Å². The van der Waals surface area contributed by atoms with Gasteiger partial charge in [-0.25, -0.2) is 0 Å². The minimum absolute atomic E-state index is 0.0870. The Morgan fingerprint density at radius 2 is 1.30 bits per heavy atom. The molecule has 0 aliphatic carbocycles. The summed E-state index contributed by atoms with van der Waals surface area (Å²) in [7, 11) is 0. The van der Waals surface area contributed by atoms with Crippen molar-refractivity contribution in [1.29, 1.82) is 0 Å². The first-order chi connectivity index (χ1) is 11.3. The van der Waals surface area contributed by atoms with Gasteiger partial charge in [-0.2, -0.15) is 0 Å². The molecule has 4 aromatic carbocycles. The quantitative estimate of drug-likeness (QED) is 0.351. The number of ketones is 1. The van der Waals surface area contributed by atoms with Gasteiger partial charge < -0.3 is 0 Å². The maximum absolute atomic E-state index is 13.0. The molecule has 0 bridgehead atoms. The molecule has 4 aromatic rings. The maximum Gasteiger partial charge on any atom is 0.193 e. The van der Waals surface area contributed by atoms with Crippen molar-refractivity contribution in [1.82, 2.24) is 0 Å². The number of carbonyl (C=O) groups is 1. The van der Waals surface area contributed by atoms with Crippen molar-refractivity contribution in [3.8, 4) is 0 Å². The van der Waals surface area contributed by atoms with Crippen LogP contribution in [0.25, 0.3) is 21.5 Å². The smallest absolute Gasteiger partial charge is 0.193 e. The minimum atomic E-state index is 0.0870. The molecule has 0 fully saturated rings. The van der Waals surface area contributed by atoms with Crippen molar-refractivity contribution in [2.45, 2.75) is 6.92 Å². The fourth-order valence-corrected chi connectivity index (χ4v) is 3.21. The van der Waals surface area contributed by atoms with Crippen LogP contribution in [0.2, 0.25) is 0 Å². The van der Waals surface area contributed by atoms with Gasteiger partial charge >= 0.3 is 0 Å². The molecule has 1 heteroatoms. The maximum atomic E-state index is 13.0. The van der Waals surface area contributed by atoms with Gasteiger partial charge in [-0.1, -0.05) is 78.9 Å². The molecule has 0 N–H and O–H groups in total. The largest absolute Gasteiger partial charge is 0.289 e. The highest BCUT2D eigenvalue weighted by atomic mass is 16.1. The Kier molecular flexibility index (Phi) is 3.20. The van der Waals surface area contributed by atoms with Crippen molar-refractivity contribution in [3.05, 3.63) is 95.6 Å². The predicted molar refractivity (Wildman–Crippen MR) is 96.1 cm³/mol. The third-order valence-electron chi connectivity index (χ3n) is 4.42. The second kappa shape index (κ2) is 5.36. The summed E-state index contributed by atoms with van der Waals surface area (Å²) in [5, 5.41) is 4.52. The van der Waals surface area contributed by atoms with Crippen molar-refractivity contribution >= 4 is 27.3 Å². The van der Waals surface area contributed by atoms with Crippen LogP contribution in [0.3, 0.4) is 0 Å². The summed E-state index contributed by atoms with van der Waals surface area (Å²) < 4.78 is 0. The molecule has 0 aliphatic heterocycles. The third kappa shape index (κ3) is 2.22. The van der Waals surface area contributed by atoms with Crippen LogP contribution in [0.5, 0.6) is 0 Å². The molecule has 0 unspecified atom stereocenters. The number of benzene rings is 4. The van der Waals surface area contributed by atoms with Gasteiger partial charge in [0.15, 0.2) is 5.78 Å². The normalized spacial score (nSPS) is 11.0. The Labute approximate surface area is 135 Å². The average Bonchev–Trinajstić information content (AvgIpc) is 2.61. The summed E-state index contributed by atoms with van der Waals surface area (Å²) in [5.41, 5.74) is 2.55. The highest BCUT2D eigenvalue weighted by molar-refractivity contribution is 6.20.